The Hall–Kier alpha value is -5.60. The molecule has 14 nitrogen and oxygen atoms in total. The third kappa shape index (κ3) is 7.38. The molecule has 43 heavy (non-hydrogen) atoms. The minimum Gasteiger partial charge on any atom is -0.505 e. The van der Waals surface area contributed by atoms with Crippen LogP contribution in [0, 0.1) is 20.2 Å². The van der Waals surface area contributed by atoms with E-state index in [4.69, 9.17) is 0 Å². The normalized spacial score (nSPS) is 11.4. The van der Waals surface area contributed by atoms with Crippen molar-refractivity contribution < 1.29 is 30.3 Å². The summed E-state index contributed by atoms with van der Waals surface area (Å²) < 4.78 is 0. The van der Waals surface area contributed by atoms with Gasteiger partial charge in [0.05, 0.1) is 9.85 Å². The quantitative estimate of drug-likeness (QED) is 0.0824. The van der Waals surface area contributed by atoms with Crippen molar-refractivity contribution >= 4 is 34.1 Å². The van der Waals surface area contributed by atoms with Crippen molar-refractivity contribution in [2.45, 2.75) is 19.3 Å². The number of hydrogen-bond acceptors (Lipinski definition) is 12. The first-order valence-electron chi connectivity index (χ1n) is 12.9. The highest BCUT2D eigenvalue weighted by Crippen LogP contribution is 2.40. The molecule has 0 atom stereocenters. The molecule has 0 aliphatic heterocycles. The van der Waals surface area contributed by atoms with Gasteiger partial charge in [0.2, 0.25) is 0 Å². The molecule has 4 aromatic carbocycles. The van der Waals surface area contributed by atoms with Crippen molar-refractivity contribution in [2.75, 3.05) is 13.2 Å². The van der Waals surface area contributed by atoms with E-state index in [-0.39, 0.29) is 78.1 Å². The number of aliphatic hydroxyl groups is 2. The highest BCUT2D eigenvalue weighted by molar-refractivity contribution is 5.64. The summed E-state index contributed by atoms with van der Waals surface area (Å²) in [6.45, 7) is -0.420. The van der Waals surface area contributed by atoms with Crippen LogP contribution >= 0.6 is 0 Å². The van der Waals surface area contributed by atoms with Crippen LogP contribution in [0.25, 0.3) is 0 Å². The van der Waals surface area contributed by atoms with E-state index < -0.39 is 9.85 Å². The van der Waals surface area contributed by atoms with Gasteiger partial charge in [0.15, 0.2) is 11.4 Å². The maximum absolute atomic E-state index is 11.3. The number of hydrogen-bond donors (Lipinski definition) is 4. The molecule has 0 radical (unpaired) electrons. The van der Waals surface area contributed by atoms with Gasteiger partial charge in [-0.1, -0.05) is 36.4 Å². The van der Waals surface area contributed by atoms with E-state index >= 15 is 0 Å². The van der Waals surface area contributed by atoms with Gasteiger partial charge >= 0.3 is 0 Å². The average Bonchev–Trinajstić information content (AvgIpc) is 2.99. The number of phenols is 2. The van der Waals surface area contributed by atoms with Crippen molar-refractivity contribution in [3.05, 3.63) is 115 Å². The Morgan fingerprint density at radius 3 is 1.33 bits per heavy atom. The van der Waals surface area contributed by atoms with E-state index in [1.54, 1.807) is 24.3 Å². The first kappa shape index (κ1) is 30.4. The third-order valence-electron chi connectivity index (χ3n) is 6.33. The van der Waals surface area contributed by atoms with E-state index in [0.717, 1.165) is 0 Å². The first-order valence-corrected chi connectivity index (χ1v) is 12.9. The Morgan fingerprint density at radius 2 is 0.953 bits per heavy atom. The van der Waals surface area contributed by atoms with Crippen LogP contribution in [0.1, 0.15) is 22.3 Å². The smallest absolute Gasteiger partial charge is 0.296 e. The van der Waals surface area contributed by atoms with Crippen molar-refractivity contribution in [1.29, 1.82) is 0 Å². The molecule has 0 saturated carbocycles. The van der Waals surface area contributed by atoms with Crippen LogP contribution in [0.15, 0.2) is 93.3 Å². The summed E-state index contributed by atoms with van der Waals surface area (Å²) in [4.78, 5) is 21.5. The zero-order chi connectivity index (χ0) is 30.9. The highest BCUT2D eigenvalue weighted by Gasteiger charge is 2.18. The van der Waals surface area contributed by atoms with E-state index in [9.17, 15) is 40.7 Å². The number of nitro benzene ring substituents is 2. The number of aliphatic hydroxyl groups excluding tert-OH is 2. The largest absolute Gasteiger partial charge is 0.505 e. The number of benzene rings is 4. The molecule has 4 aromatic rings. The standard InChI is InChI=1S/C29H26N6O8/c36-11-9-18-13-20(28(38)24(15-18)32-30-22-5-1-3-7-26(22)34(40)41)17-21-14-19(10-12-37)16-25(29(21)39)33-31-23-6-2-4-8-27(23)35(42)43/h1-8,13-16,36-39H,9-12,17H2. The average molecular weight is 587 g/mol. The molecule has 0 fully saturated rings. The maximum atomic E-state index is 11.3. The molecule has 0 amide bonds. The number of phenolic OH excluding ortho intramolecular Hbond substituents is 2. The first-order chi connectivity index (χ1) is 20.7. The fourth-order valence-corrected chi connectivity index (χ4v) is 4.28. The molecule has 0 aliphatic carbocycles. The van der Waals surface area contributed by atoms with Gasteiger partial charge in [0.1, 0.15) is 22.9 Å². The molecule has 0 aliphatic rings. The lowest BCUT2D eigenvalue weighted by atomic mass is 9.96. The van der Waals surface area contributed by atoms with Gasteiger partial charge in [0.25, 0.3) is 11.4 Å². The Morgan fingerprint density at radius 1 is 0.581 bits per heavy atom. The van der Waals surface area contributed by atoms with Crippen LogP contribution in [0.2, 0.25) is 0 Å². The molecule has 4 N–H and O–H groups in total. The van der Waals surface area contributed by atoms with E-state index in [1.807, 2.05) is 0 Å². The molecular weight excluding hydrogens is 560 g/mol. The number of nitro groups is 2. The van der Waals surface area contributed by atoms with E-state index in [1.165, 1.54) is 48.5 Å². The fourth-order valence-electron chi connectivity index (χ4n) is 4.28. The number of azo groups is 2. The number of nitrogens with zero attached hydrogens (tertiary/aromatic N) is 6. The molecule has 4 rings (SSSR count). The van der Waals surface area contributed by atoms with Crippen molar-refractivity contribution in [3.8, 4) is 11.5 Å². The second-order valence-corrected chi connectivity index (χ2v) is 9.26. The van der Waals surface area contributed by atoms with Crippen LogP contribution in [0.3, 0.4) is 0 Å². The third-order valence-corrected chi connectivity index (χ3v) is 6.33. The van der Waals surface area contributed by atoms with Crippen LogP contribution in [-0.2, 0) is 19.3 Å². The zero-order valence-corrected chi connectivity index (χ0v) is 22.6. The Kier molecular flexibility index (Phi) is 9.78. The molecule has 220 valence electrons. The fraction of sp³-hybridized carbons (Fsp3) is 0.172. The molecule has 0 aromatic heterocycles. The second kappa shape index (κ2) is 13.8. The van der Waals surface area contributed by atoms with Crippen LogP contribution < -0.4 is 0 Å². The highest BCUT2D eigenvalue weighted by atomic mass is 16.6. The maximum Gasteiger partial charge on any atom is 0.296 e. The predicted molar refractivity (Wildman–Crippen MR) is 155 cm³/mol. The zero-order valence-electron chi connectivity index (χ0n) is 22.6. The van der Waals surface area contributed by atoms with Gasteiger partial charge in [-0.15, -0.1) is 20.5 Å². The molecule has 14 heteroatoms. The van der Waals surface area contributed by atoms with Crippen LogP contribution in [-0.4, -0.2) is 43.5 Å². The summed E-state index contributed by atoms with van der Waals surface area (Å²) in [7, 11) is 0. The minimum absolute atomic E-state index is 0.0126. The molecule has 0 bridgehead atoms. The monoisotopic (exact) mass is 586 g/mol. The van der Waals surface area contributed by atoms with Crippen LogP contribution in [0.5, 0.6) is 11.5 Å². The minimum atomic E-state index is -0.602. The van der Waals surface area contributed by atoms with Crippen molar-refractivity contribution in [3.63, 3.8) is 0 Å². The summed E-state index contributed by atoms with van der Waals surface area (Å²) >= 11 is 0. The number of rotatable bonds is 12. The molecule has 0 heterocycles. The molecular formula is C29H26N6O8. The van der Waals surface area contributed by atoms with Gasteiger partial charge in [-0.25, -0.2) is 0 Å². The summed E-state index contributed by atoms with van der Waals surface area (Å²) in [5.41, 5.74) is 1.12. The molecule has 0 saturated heterocycles. The van der Waals surface area contributed by atoms with Gasteiger partial charge < -0.3 is 20.4 Å². The summed E-state index contributed by atoms with van der Waals surface area (Å²) in [6, 6.07) is 17.6. The lowest BCUT2D eigenvalue weighted by Crippen LogP contribution is -1.98. The van der Waals surface area contributed by atoms with Crippen molar-refractivity contribution in [1.82, 2.24) is 0 Å². The van der Waals surface area contributed by atoms with Gasteiger partial charge in [0, 0.05) is 42.9 Å². The SMILES string of the molecule is O=[N+]([O-])c1ccccc1N=Nc1cc(CCO)cc(Cc2cc(CCO)cc(N=Nc3ccccc3[N+](=O)[O-])c2O)c1O. The topological polar surface area (TPSA) is 217 Å². The van der Waals surface area contributed by atoms with E-state index in [2.05, 4.69) is 20.5 Å². The van der Waals surface area contributed by atoms with Crippen LogP contribution in [0.4, 0.5) is 34.1 Å². The summed E-state index contributed by atoms with van der Waals surface area (Å²) in [5.74, 6) is -0.613. The Bertz CT molecular complexity index is 1600. The number of aromatic hydroxyl groups is 2. The summed E-state index contributed by atoms with van der Waals surface area (Å²) in [6.07, 6.45) is 0.346. The van der Waals surface area contributed by atoms with E-state index in [0.29, 0.717) is 22.3 Å². The molecule has 0 spiro atoms. The lowest BCUT2D eigenvalue weighted by Gasteiger charge is -2.13. The predicted octanol–water partition coefficient (Wildman–Crippen LogP) is 6.41. The molecule has 0 unspecified atom stereocenters. The van der Waals surface area contributed by atoms with Gasteiger partial charge in [-0.05, 0) is 48.2 Å². The lowest BCUT2D eigenvalue weighted by molar-refractivity contribution is -0.384. The second-order valence-electron chi connectivity index (χ2n) is 9.26. The van der Waals surface area contributed by atoms with Gasteiger partial charge in [-0.2, -0.15) is 0 Å². The Balaban J connectivity index is 1.76. The Labute approximate surface area is 244 Å². The number of para-hydroxylation sites is 2. The summed E-state index contributed by atoms with van der Waals surface area (Å²) in [5, 5.41) is 79.9. The van der Waals surface area contributed by atoms with Gasteiger partial charge in [-0.3, -0.25) is 20.2 Å². The van der Waals surface area contributed by atoms with Crippen molar-refractivity contribution in [2.24, 2.45) is 20.5 Å².